The molecule has 138 valence electrons. The Morgan fingerprint density at radius 2 is 1.96 bits per heavy atom. The average Bonchev–Trinajstić information content (AvgIpc) is 2.62. The molecule has 0 spiro atoms. The number of rotatable bonds is 7. The molecular weight excluding hydrogens is 320 g/mol. The highest BCUT2D eigenvalue weighted by Crippen LogP contribution is 2.27. The maximum atomic E-state index is 12.1. The SMILES string of the molecule is CCNC(=O)[C@@H](C)NC(=O)C[NH+]1CCN(c2ccccc2OC)CC1. The largest absolute Gasteiger partial charge is 0.495 e. The monoisotopic (exact) mass is 349 g/mol. The van der Waals surface area contributed by atoms with E-state index in [1.807, 2.05) is 25.1 Å². The number of carbonyl (C=O) groups excluding carboxylic acids is 2. The molecule has 2 amide bonds. The first kappa shape index (κ1) is 19.1. The van der Waals surface area contributed by atoms with Crippen LogP contribution in [0.5, 0.6) is 5.75 Å². The summed E-state index contributed by atoms with van der Waals surface area (Å²) in [5.41, 5.74) is 1.10. The number of benzene rings is 1. The van der Waals surface area contributed by atoms with Crippen LogP contribution in [-0.4, -0.2) is 64.2 Å². The summed E-state index contributed by atoms with van der Waals surface area (Å²) in [4.78, 5) is 27.3. The number of nitrogens with zero attached hydrogens (tertiary/aromatic N) is 1. The molecule has 3 N–H and O–H groups in total. The summed E-state index contributed by atoms with van der Waals surface area (Å²) in [6.07, 6.45) is 0. The first-order chi connectivity index (χ1) is 12.0. The molecule has 0 bridgehead atoms. The summed E-state index contributed by atoms with van der Waals surface area (Å²) in [5.74, 6) is 0.644. The third-order valence-corrected chi connectivity index (χ3v) is 4.43. The number of amides is 2. The van der Waals surface area contributed by atoms with Gasteiger partial charge in [0.25, 0.3) is 5.91 Å². The van der Waals surface area contributed by atoms with Crippen LogP contribution in [0.15, 0.2) is 24.3 Å². The molecule has 1 aliphatic heterocycles. The molecule has 0 aromatic heterocycles. The number of piperazine rings is 1. The molecule has 1 saturated heterocycles. The zero-order valence-corrected chi connectivity index (χ0v) is 15.3. The van der Waals surface area contributed by atoms with Gasteiger partial charge in [-0.1, -0.05) is 12.1 Å². The third kappa shape index (κ3) is 5.35. The second-order valence-corrected chi connectivity index (χ2v) is 6.27. The molecule has 0 radical (unpaired) electrons. The number of likely N-dealkylation sites (N-methyl/N-ethyl adjacent to an activating group) is 1. The quantitative estimate of drug-likeness (QED) is 0.593. The van der Waals surface area contributed by atoms with Crippen LogP contribution in [0.2, 0.25) is 0 Å². The van der Waals surface area contributed by atoms with Crippen molar-refractivity contribution < 1.29 is 19.2 Å². The fourth-order valence-electron chi connectivity index (χ4n) is 3.04. The van der Waals surface area contributed by atoms with E-state index in [-0.39, 0.29) is 11.8 Å². The first-order valence-corrected chi connectivity index (χ1v) is 8.83. The van der Waals surface area contributed by atoms with Gasteiger partial charge in [-0.05, 0) is 26.0 Å². The van der Waals surface area contributed by atoms with Crippen molar-refractivity contribution in [2.75, 3.05) is 51.3 Å². The van der Waals surface area contributed by atoms with Gasteiger partial charge in [-0.2, -0.15) is 0 Å². The van der Waals surface area contributed by atoms with E-state index in [1.54, 1.807) is 14.0 Å². The van der Waals surface area contributed by atoms with Crippen LogP contribution in [0.3, 0.4) is 0 Å². The van der Waals surface area contributed by atoms with Crippen molar-refractivity contribution >= 4 is 17.5 Å². The Morgan fingerprint density at radius 1 is 1.28 bits per heavy atom. The molecule has 2 rings (SSSR count). The van der Waals surface area contributed by atoms with Gasteiger partial charge in [0.1, 0.15) is 11.8 Å². The smallest absolute Gasteiger partial charge is 0.275 e. The van der Waals surface area contributed by atoms with Crippen molar-refractivity contribution in [2.45, 2.75) is 19.9 Å². The second-order valence-electron chi connectivity index (χ2n) is 6.27. The van der Waals surface area contributed by atoms with Crippen LogP contribution in [0.1, 0.15) is 13.8 Å². The van der Waals surface area contributed by atoms with Crippen molar-refractivity contribution in [1.82, 2.24) is 10.6 Å². The Bertz CT molecular complexity index is 585. The predicted molar refractivity (Wildman–Crippen MR) is 97.1 cm³/mol. The summed E-state index contributed by atoms with van der Waals surface area (Å²) in [7, 11) is 1.68. The van der Waals surface area contributed by atoms with Crippen LogP contribution in [0.4, 0.5) is 5.69 Å². The molecule has 1 aromatic carbocycles. The van der Waals surface area contributed by atoms with Gasteiger partial charge in [-0.3, -0.25) is 9.59 Å². The Morgan fingerprint density at radius 3 is 2.60 bits per heavy atom. The number of hydrogen-bond donors (Lipinski definition) is 3. The third-order valence-electron chi connectivity index (χ3n) is 4.43. The van der Waals surface area contributed by atoms with Crippen LogP contribution < -0.4 is 25.2 Å². The summed E-state index contributed by atoms with van der Waals surface area (Å²) in [6.45, 7) is 8.01. The number of nitrogens with one attached hydrogen (secondary N) is 3. The number of hydrogen-bond acceptors (Lipinski definition) is 4. The summed E-state index contributed by atoms with van der Waals surface area (Å²) >= 11 is 0. The summed E-state index contributed by atoms with van der Waals surface area (Å²) in [6, 6.07) is 7.49. The lowest BCUT2D eigenvalue weighted by atomic mass is 10.2. The van der Waals surface area contributed by atoms with Crippen molar-refractivity contribution in [2.24, 2.45) is 0 Å². The standard InChI is InChI=1S/C18H28N4O3/c1-4-19-18(24)14(2)20-17(23)13-21-9-11-22(12-10-21)15-7-5-6-8-16(15)25-3/h5-8,14H,4,9-13H2,1-3H3,(H,19,24)(H,20,23)/p+1/t14-/m1/s1. The lowest BCUT2D eigenvalue weighted by Gasteiger charge is -2.34. The minimum Gasteiger partial charge on any atom is -0.495 e. The van der Waals surface area contributed by atoms with Crippen LogP contribution in [0.25, 0.3) is 0 Å². The summed E-state index contributed by atoms with van der Waals surface area (Å²) in [5, 5.41) is 5.48. The normalized spacial score (nSPS) is 16.2. The van der Waals surface area contributed by atoms with Gasteiger partial charge in [-0.15, -0.1) is 0 Å². The molecule has 1 heterocycles. The van der Waals surface area contributed by atoms with E-state index >= 15 is 0 Å². The molecule has 0 aliphatic carbocycles. The lowest BCUT2D eigenvalue weighted by molar-refractivity contribution is -0.892. The number of anilines is 1. The average molecular weight is 349 g/mol. The highest BCUT2D eigenvalue weighted by molar-refractivity contribution is 5.87. The fourth-order valence-corrected chi connectivity index (χ4v) is 3.04. The minimum atomic E-state index is -0.498. The highest BCUT2D eigenvalue weighted by atomic mass is 16.5. The maximum absolute atomic E-state index is 12.1. The lowest BCUT2D eigenvalue weighted by Crippen LogP contribution is -3.16. The zero-order chi connectivity index (χ0) is 18.2. The highest BCUT2D eigenvalue weighted by Gasteiger charge is 2.25. The number of ether oxygens (including phenoxy) is 1. The van der Waals surface area contributed by atoms with Crippen molar-refractivity contribution in [3.05, 3.63) is 24.3 Å². The molecule has 1 fully saturated rings. The number of para-hydroxylation sites is 2. The van der Waals surface area contributed by atoms with Crippen LogP contribution in [0, 0.1) is 0 Å². The number of carbonyl (C=O) groups is 2. The van der Waals surface area contributed by atoms with Gasteiger partial charge in [0, 0.05) is 6.54 Å². The molecule has 7 nitrogen and oxygen atoms in total. The van der Waals surface area contributed by atoms with Gasteiger partial charge >= 0.3 is 0 Å². The van der Waals surface area contributed by atoms with Crippen LogP contribution >= 0.6 is 0 Å². The van der Waals surface area contributed by atoms with E-state index < -0.39 is 6.04 Å². The Hall–Kier alpha value is -2.28. The van der Waals surface area contributed by atoms with E-state index in [0.29, 0.717) is 13.1 Å². The topological polar surface area (TPSA) is 75.1 Å². The van der Waals surface area contributed by atoms with Gasteiger partial charge in [0.2, 0.25) is 5.91 Å². The number of methoxy groups -OCH3 is 1. The second kappa shape index (κ2) is 9.27. The summed E-state index contributed by atoms with van der Waals surface area (Å²) < 4.78 is 5.43. The van der Waals surface area contributed by atoms with E-state index in [2.05, 4.69) is 21.6 Å². The van der Waals surface area contributed by atoms with Crippen molar-refractivity contribution in [3.63, 3.8) is 0 Å². The molecule has 7 heteroatoms. The van der Waals surface area contributed by atoms with E-state index in [0.717, 1.165) is 37.6 Å². The number of quaternary nitrogens is 1. The maximum Gasteiger partial charge on any atom is 0.275 e. The molecule has 25 heavy (non-hydrogen) atoms. The molecule has 0 unspecified atom stereocenters. The minimum absolute atomic E-state index is 0.0838. The molecule has 1 aliphatic rings. The van der Waals surface area contributed by atoms with Crippen molar-refractivity contribution in [3.8, 4) is 5.75 Å². The fraction of sp³-hybridized carbons (Fsp3) is 0.556. The Labute approximate surface area is 149 Å². The van der Waals surface area contributed by atoms with Crippen molar-refractivity contribution in [1.29, 1.82) is 0 Å². The molecule has 0 saturated carbocycles. The van der Waals surface area contributed by atoms with Gasteiger partial charge in [0.15, 0.2) is 6.54 Å². The van der Waals surface area contributed by atoms with Gasteiger partial charge in [0.05, 0.1) is 39.0 Å². The first-order valence-electron chi connectivity index (χ1n) is 8.83. The Kier molecular flexibility index (Phi) is 7.06. The predicted octanol–water partition coefficient (Wildman–Crippen LogP) is -0.959. The van der Waals surface area contributed by atoms with E-state index in [9.17, 15) is 9.59 Å². The van der Waals surface area contributed by atoms with Gasteiger partial charge < -0.3 is 25.2 Å². The Balaban J connectivity index is 1.80. The van der Waals surface area contributed by atoms with E-state index in [4.69, 9.17) is 4.74 Å². The zero-order valence-electron chi connectivity index (χ0n) is 15.3. The molecule has 1 atom stereocenters. The van der Waals surface area contributed by atoms with E-state index in [1.165, 1.54) is 4.90 Å². The molecule has 1 aromatic rings. The molecular formula is C18H29N4O3+. The van der Waals surface area contributed by atoms with Crippen LogP contribution in [-0.2, 0) is 9.59 Å². The van der Waals surface area contributed by atoms with Gasteiger partial charge in [-0.25, -0.2) is 0 Å².